The number of benzene rings is 1. The zero-order chi connectivity index (χ0) is 12.7. The van der Waals surface area contributed by atoms with E-state index in [-0.39, 0.29) is 12.2 Å². The van der Waals surface area contributed by atoms with Gasteiger partial charge >= 0.3 is 0 Å². The van der Waals surface area contributed by atoms with Gasteiger partial charge in [0, 0.05) is 12.8 Å². The molecule has 2 heterocycles. The molecule has 4 nitrogen and oxygen atoms in total. The van der Waals surface area contributed by atoms with E-state index in [1.807, 2.05) is 25.1 Å². The number of aromatic nitrogens is 2. The van der Waals surface area contributed by atoms with E-state index < -0.39 is 0 Å². The first kappa shape index (κ1) is 10.9. The van der Waals surface area contributed by atoms with Gasteiger partial charge in [-0.15, -0.1) is 0 Å². The SMILES string of the molecule is Cc1ccc2c(c1)-n1ncc(C=O)c1CC(=O)C2. The van der Waals surface area contributed by atoms with E-state index in [9.17, 15) is 9.59 Å². The van der Waals surface area contributed by atoms with E-state index in [2.05, 4.69) is 5.10 Å². The zero-order valence-electron chi connectivity index (χ0n) is 10.0. The lowest BCUT2D eigenvalue weighted by Crippen LogP contribution is -2.06. The highest BCUT2D eigenvalue weighted by Crippen LogP contribution is 2.24. The number of fused-ring (bicyclic) bond motifs is 3. The van der Waals surface area contributed by atoms with Crippen LogP contribution in [0.1, 0.15) is 27.2 Å². The lowest BCUT2D eigenvalue weighted by Gasteiger charge is -2.08. The van der Waals surface area contributed by atoms with Crippen LogP contribution in [0, 0.1) is 6.92 Å². The van der Waals surface area contributed by atoms with E-state index in [1.165, 1.54) is 6.20 Å². The molecule has 1 aliphatic rings. The number of hydrogen-bond acceptors (Lipinski definition) is 3. The van der Waals surface area contributed by atoms with Gasteiger partial charge in [-0.2, -0.15) is 5.10 Å². The normalized spacial score (nSPS) is 13.7. The number of hydrogen-bond donors (Lipinski definition) is 0. The number of aryl methyl sites for hydroxylation is 1. The lowest BCUT2D eigenvalue weighted by molar-refractivity contribution is -0.117. The highest BCUT2D eigenvalue weighted by Gasteiger charge is 2.22. The van der Waals surface area contributed by atoms with E-state index >= 15 is 0 Å². The van der Waals surface area contributed by atoms with Crippen molar-refractivity contribution in [1.29, 1.82) is 0 Å². The van der Waals surface area contributed by atoms with Crippen molar-refractivity contribution in [3.63, 3.8) is 0 Å². The Hall–Kier alpha value is -2.23. The third-order valence-electron chi connectivity index (χ3n) is 3.25. The molecular weight excluding hydrogens is 228 g/mol. The van der Waals surface area contributed by atoms with Gasteiger partial charge in [0.2, 0.25) is 0 Å². The number of nitrogens with zero attached hydrogens (tertiary/aromatic N) is 2. The summed E-state index contributed by atoms with van der Waals surface area (Å²) in [6.07, 6.45) is 2.94. The summed E-state index contributed by atoms with van der Waals surface area (Å²) in [7, 11) is 0. The molecule has 0 radical (unpaired) electrons. The number of aldehydes is 1. The number of ketones is 1. The molecule has 0 fully saturated rings. The summed E-state index contributed by atoms with van der Waals surface area (Å²) in [4.78, 5) is 22.9. The average Bonchev–Trinajstić information content (AvgIpc) is 2.68. The van der Waals surface area contributed by atoms with Gasteiger partial charge < -0.3 is 0 Å². The Morgan fingerprint density at radius 2 is 2.17 bits per heavy atom. The molecule has 0 bridgehead atoms. The molecule has 0 saturated carbocycles. The highest BCUT2D eigenvalue weighted by molar-refractivity contribution is 5.88. The molecule has 4 heteroatoms. The maximum Gasteiger partial charge on any atom is 0.153 e. The minimum atomic E-state index is 0.113. The maximum atomic E-state index is 11.9. The van der Waals surface area contributed by atoms with Crippen molar-refractivity contribution in [3.05, 3.63) is 46.8 Å². The molecule has 0 saturated heterocycles. The van der Waals surface area contributed by atoms with Crippen molar-refractivity contribution in [2.45, 2.75) is 19.8 Å². The molecule has 1 aromatic heterocycles. The molecule has 1 aromatic carbocycles. The molecule has 2 aromatic rings. The first-order valence-corrected chi connectivity index (χ1v) is 5.82. The predicted octanol–water partition coefficient (Wildman–Crippen LogP) is 1.66. The standard InChI is InChI=1S/C14H12N2O2/c1-9-2-3-10-5-12(18)6-14-11(8-17)7-15-16(14)13(10)4-9/h2-4,7-8H,5-6H2,1H3. The van der Waals surface area contributed by atoms with Crippen molar-refractivity contribution >= 4 is 12.1 Å². The number of rotatable bonds is 1. The van der Waals surface area contributed by atoms with Crippen LogP contribution in [0.4, 0.5) is 0 Å². The van der Waals surface area contributed by atoms with Crippen molar-refractivity contribution in [2.75, 3.05) is 0 Å². The molecule has 0 amide bonds. The van der Waals surface area contributed by atoms with Gasteiger partial charge in [-0.05, 0) is 24.1 Å². The fourth-order valence-electron chi connectivity index (χ4n) is 2.35. The summed E-state index contributed by atoms with van der Waals surface area (Å²) in [6, 6.07) is 5.94. The van der Waals surface area contributed by atoms with Crippen molar-refractivity contribution in [2.24, 2.45) is 0 Å². The Morgan fingerprint density at radius 1 is 1.33 bits per heavy atom. The quantitative estimate of drug-likeness (QED) is 0.712. The first-order chi connectivity index (χ1) is 8.69. The van der Waals surface area contributed by atoms with Gasteiger partial charge in [0.05, 0.1) is 23.1 Å². The first-order valence-electron chi connectivity index (χ1n) is 5.82. The third kappa shape index (κ3) is 1.57. The molecule has 0 spiro atoms. The van der Waals surface area contributed by atoms with Gasteiger partial charge in [0.15, 0.2) is 6.29 Å². The van der Waals surface area contributed by atoms with Crippen molar-refractivity contribution in [3.8, 4) is 5.69 Å². The van der Waals surface area contributed by atoms with Crippen LogP contribution in [-0.4, -0.2) is 21.8 Å². The second-order valence-electron chi connectivity index (χ2n) is 4.60. The van der Waals surface area contributed by atoms with Gasteiger partial charge in [-0.1, -0.05) is 12.1 Å². The summed E-state index contributed by atoms with van der Waals surface area (Å²) in [5.74, 6) is 0.113. The predicted molar refractivity (Wildman–Crippen MR) is 66.1 cm³/mol. The Bertz CT molecular complexity index is 656. The largest absolute Gasteiger partial charge is 0.299 e. The second-order valence-corrected chi connectivity index (χ2v) is 4.60. The van der Waals surface area contributed by atoms with Crippen LogP contribution in [0.25, 0.3) is 5.69 Å². The summed E-state index contributed by atoms with van der Waals surface area (Å²) < 4.78 is 1.72. The molecular formula is C14H12N2O2. The minimum absolute atomic E-state index is 0.113. The second kappa shape index (κ2) is 3.91. The molecule has 0 atom stereocenters. The van der Waals surface area contributed by atoms with Crippen LogP contribution in [0.3, 0.4) is 0 Å². The molecule has 0 aliphatic carbocycles. The Labute approximate surface area is 104 Å². The highest BCUT2D eigenvalue weighted by atomic mass is 16.1. The smallest absolute Gasteiger partial charge is 0.153 e. The van der Waals surface area contributed by atoms with Crippen LogP contribution in [0.15, 0.2) is 24.4 Å². The van der Waals surface area contributed by atoms with Crippen LogP contribution in [0.5, 0.6) is 0 Å². The number of carbonyl (C=O) groups excluding carboxylic acids is 2. The number of carbonyl (C=O) groups is 2. The molecule has 1 aliphatic heterocycles. The van der Waals surface area contributed by atoms with Crippen LogP contribution >= 0.6 is 0 Å². The van der Waals surface area contributed by atoms with Crippen LogP contribution in [-0.2, 0) is 17.6 Å². The Kier molecular flexibility index (Phi) is 2.37. The van der Waals surface area contributed by atoms with E-state index in [0.717, 1.165) is 23.1 Å². The monoisotopic (exact) mass is 240 g/mol. The molecule has 90 valence electrons. The van der Waals surface area contributed by atoms with E-state index in [0.29, 0.717) is 17.7 Å². The molecule has 18 heavy (non-hydrogen) atoms. The van der Waals surface area contributed by atoms with E-state index in [4.69, 9.17) is 0 Å². The molecule has 3 rings (SSSR count). The topological polar surface area (TPSA) is 52.0 Å². The average molecular weight is 240 g/mol. The zero-order valence-corrected chi connectivity index (χ0v) is 10.0. The third-order valence-corrected chi connectivity index (χ3v) is 3.25. The summed E-state index contributed by atoms with van der Waals surface area (Å²) in [6.45, 7) is 2.00. The fourth-order valence-corrected chi connectivity index (χ4v) is 2.35. The summed E-state index contributed by atoms with van der Waals surface area (Å²) in [5, 5.41) is 4.24. The summed E-state index contributed by atoms with van der Waals surface area (Å²) in [5.41, 5.74) is 4.17. The van der Waals surface area contributed by atoms with Crippen LogP contribution < -0.4 is 0 Å². The lowest BCUT2D eigenvalue weighted by atomic mass is 10.0. The van der Waals surface area contributed by atoms with Gasteiger partial charge in [0.1, 0.15) is 5.78 Å². The Balaban J connectivity index is 2.30. The van der Waals surface area contributed by atoms with Gasteiger partial charge in [-0.25, -0.2) is 4.68 Å². The van der Waals surface area contributed by atoms with E-state index in [1.54, 1.807) is 4.68 Å². The number of Topliss-reactive ketones (excluding diaryl/α,β-unsaturated/α-hetero) is 1. The minimum Gasteiger partial charge on any atom is -0.299 e. The molecule has 0 unspecified atom stereocenters. The van der Waals surface area contributed by atoms with Gasteiger partial charge in [0.25, 0.3) is 0 Å². The summed E-state index contributed by atoms with van der Waals surface area (Å²) >= 11 is 0. The van der Waals surface area contributed by atoms with Crippen molar-refractivity contribution < 1.29 is 9.59 Å². The maximum absolute atomic E-state index is 11.9. The fraction of sp³-hybridized carbons (Fsp3) is 0.214. The van der Waals surface area contributed by atoms with Crippen LogP contribution in [0.2, 0.25) is 0 Å². The van der Waals surface area contributed by atoms with Crippen molar-refractivity contribution in [1.82, 2.24) is 9.78 Å². The Morgan fingerprint density at radius 3 is 2.94 bits per heavy atom. The van der Waals surface area contributed by atoms with Gasteiger partial charge in [-0.3, -0.25) is 9.59 Å². The molecule has 0 N–H and O–H groups in total.